The Labute approximate surface area is 204 Å². The molecule has 1 N–H and O–H groups in total. The van der Waals surface area contributed by atoms with Crippen molar-refractivity contribution in [1.29, 1.82) is 0 Å². The lowest BCUT2D eigenvalue weighted by atomic mass is 9.95. The monoisotopic (exact) mass is 473 g/mol. The van der Waals surface area contributed by atoms with Crippen LogP contribution in [0.5, 0.6) is 11.5 Å². The number of esters is 1. The Kier molecular flexibility index (Phi) is 6.20. The number of hydrogen-bond donors (Lipinski definition) is 1. The van der Waals surface area contributed by atoms with E-state index >= 15 is 0 Å². The fourth-order valence-corrected chi connectivity index (χ4v) is 4.66. The van der Waals surface area contributed by atoms with E-state index in [0.29, 0.717) is 29.4 Å². The number of nitrogens with one attached hydrogen (secondary N) is 1. The van der Waals surface area contributed by atoms with Crippen LogP contribution >= 0.6 is 0 Å². The van der Waals surface area contributed by atoms with E-state index in [2.05, 4.69) is 11.4 Å². The lowest BCUT2D eigenvalue weighted by molar-refractivity contribution is -0.135. The van der Waals surface area contributed by atoms with E-state index in [0.717, 1.165) is 46.5 Å². The van der Waals surface area contributed by atoms with E-state index in [9.17, 15) is 9.18 Å². The topological polar surface area (TPSA) is 56.8 Å². The highest BCUT2D eigenvalue weighted by atomic mass is 19.1. The van der Waals surface area contributed by atoms with Crippen LogP contribution in [0.2, 0.25) is 0 Å². The number of halogens is 1. The molecule has 35 heavy (non-hydrogen) atoms. The maximum atomic E-state index is 14.4. The summed E-state index contributed by atoms with van der Waals surface area (Å²) in [7, 11) is 2.98. The standard InChI is InChI=1S/C29H28FNO4/c1-17(29(32)34-3)28(20-8-9-20)21-10-13-27-25(14-21)31-26(16-35-27)19-6-4-18(5-7-19)23-15-22(33-2)11-12-24(23)30/h4-7,10-15,20,26,31H,8-9,16H2,1-3H3/b28-17+. The molecule has 1 aliphatic heterocycles. The number of rotatable bonds is 6. The molecule has 1 aliphatic carbocycles. The normalized spacial score (nSPS) is 17.4. The number of carbonyl (C=O) groups excluding carboxylic acids is 1. The second kappa shape index (κ2) is 9.45. The number of allylic oxidation sites excluding steroid dienone is 1. The molecule has 0 bridgehead atoms. The van der Waals surface area contributed by atoms with Gasteiger partial charge < -0.3 is 19.5 Å². The molecule has 1 atom stereocenters. The fourth-order valence-electron chi connectivity index (χ4n) is 4.66. The van der Waals surface area contributed by atoms with Crippen molar-refractivity contribution in [2.45, 2.75) is 25.8 Å². The van der Waals surface area contributed by atoms with Crippen LogP contribution in [-0.4, -0.2) is 26.8 Å². The number of ether oxygens (including phenoxy) is 3. The number of methoxy groups -OCH3 is 2. The third-order valence-electron chi connectivity index (χ3n) is 6.70. The first kappa shape index (κ1) is 23.0. The predicted molar refractivity (Wildman–Crippen MR) is 134 cm³/mol. The van der Waals surface area contributed by atoms with Crippen LogP contribution in [0.4, 0.5) is 10.1 Å². The minimum absolute atomic E-state index is 0.0583. The van der Waals surface area contributed by atoms with E-state index in [1.165, 1.54) is 13.2 Å². The zero-order valence-corrected chi connectivity index (χ0v) is 20.1. The minimum Gasteiger partial charge on any atom is -0.497 e. The molecule has 1 saturated carbocycles. The van der Waals surface area contributed by atoms with Crippen LogP contribution in [0.25, 0.3) is 16.7 Å². The third-order valence-corrected chi connectivity index (χ3v) is 6.70. The summed E-state index contributed by atoms with van der Waals surface area (Å²) in [5.74, 6) is 1.20. The molecular formula is C29H28FNO4. The molecule has 0 amide bonds. The van der Waals surface area contributed by atoms with Gasteiger partial charge >= 0.3 is 5.97 Å². The van der Waals surface area contributed by atoms with Crippen molar-refractivity contribution in [2.24, 2.45) is 5.92 Å². The Morgan fingerprint density at radius 2 is 1.80 bits per heavy atom. The van der Waals surface area contributed by atoms with Crippen LogP contribution < -0.4 is 14.8 Å². The SMILES string of the molecule is COC(=O)/C(C)=C(/c1ccc2c(c1)NC(c1ccc(-c3cc(OC)ccc3F)cc1)CO2)C1CC1. The average Bonchev–Trinajstić information content (AvgIpc) is 3.73. The summed E-state index contributed by atoms with van der Waals surface area (Å²) in [5, 5.41) is 3.58. The summed E-state index contributed by atoms with van der Waals surface area (Å²) >= 11 is 0. The summed E-state index contributed by atoms with van der Waals surface area (Å²) in [6.07, 6.45) is 2.15. The number of hydrogen-bond acceptors (Lipinski definition) is 5. The predicted octanol–water partition coefficient (Wildman–Crippen LogP) is 6.40. The Hall–Kier alpha value is -3.80. The Balaban J connectivity index is 1.40. The van der Waals surface area contributed by atoms with Gasteiger partial charge in [0.05, 0.1) is 25.9 Å². The van der Waals surface area contributed by atoms with Crippen molar-refractivity contribution in [1.82, 2.24) is 0 Å². The molecule has 0 spiro atoms. The first-order chi connectivity index (χ1) is 17.0. The van der Waals surface area contributed by atoms with Gasteiger partial charge in [-0.2, -0.15) is 0 Å². The molecule has 180 valence electrons. The molecule has 1 fully saturated rings. The average molecular weight is 474 g/mol. The quantitative estimate of drug-likeness (QED) is 0.331. The molecule has 3 aromatic rings. The highest BCUT2D eigenvalue weighted by molar-refractivity contribution is 5.98. The summed E-state index contributed by atoms with van der Waals surface area (Å²) in [5.41, 5.74) is 5.92. The van der Waals surface area contributed by atoms with Crippen molar-refractivity contribution in [2.75, 3.05) is 26.1 Å². The molecule has 2 aliphatic rings. The van der Waals surface area contributed by atoms with Gasteiger partial charge in [0.2, 0.25) is 0 Å². The van der Waals surface area contributed by atoms with E-state index in [4.69, 9.17) is 14.2 Å². The first-order valence-electron chi connectivity index (χ1n) is 11.7. The van der Waals surface area contributed by atoms with Crippen molar-refractivity contribution < 1.29 is 23.4 Å². The number of anilines is 1. The number of benzene rings is 3. The van der Waals surface area contributed by atoms with Crippen LogP contribution in [0.15, 0.2) is 66.2 Å². The molecule has 0 saturated heterocycles. The zero-order valence-electron chi connectivity index (χ0n) is 20.1. The minimum atomic E-state index is -0.292. The summed E-state index contributed by atoms with van der Waals surface area (Å²) in [4.78, 5) is 12.2. The van der Waals surface area contributed by atoms with Crippen LogP contribution in [0, 0.1) is 11.7 Å². The van der Waals surface area contributed by atoms with Gasteiger partial charge in [-0.3, -0.25) is 0 Å². The molecular weight excluding hydrogens is 445 g/mol. The largest absolute Gasteiger partial charge is 0.497 e. The van der Waals surface area contributed by atoms with Gasteiger partial charge in [0.25, 0.3) is 0 Å². The molecule has 1 heterocycles. The van der Waals surface area contributed by atoms with Crippen molar-refractivity contribution >= 4 is 17.2 Å². The molecule has 1 unspecified atom stereocenters. The molecule has 0 aromatic heterocycles. The Bertz CT molecular complexity index is 1290. The highest BCUT2D eigenvalue weighted by Gasteiger charge is 2.31. The molecule has 3 aromatic carbocycles. The second-order valence-corrected chi connectivity index (χ2v) is 8.99. The Morgan fingerprint density at radius 1 is 1.03 bits per heavy atom. The fraction of sp³-hybridized carbons (Fsp3) is 0.276. The Morgan fingerprint density at radius 3 is 2.49 bits per heavy atom. The van der Waals surface area contributed by atoms with Gasteiger partial charge in [0.1, 0.15) is 23.9 Å². The molecule has 5 nitrogen and oxygen atoms in total. The highest BCUT2D eigenvalue weighted by Crippen LogP contribution is 2.46. The maximum Gasteiger partial charge on any atom is 0.333 e. The zero-order chi connectivity index (χ0) is 24.5. The maximum absolute atomic E-state index is 14.4. The van der Waals surface area contributed by atoms with E-state index in [1.54, 1.807) is 19.2 Å². The van der Waals surface area contributed by atoms with Crippen LogP contribution in [0.3, 0.4) is 0 Å². The third kappa shape index (κ3) is 4.61. The van der Waals surface area contributed by atoms with Crippen LogP contribution in [0.1, 0.15) is 36.9 Å². The van der Waals surface area contributed by atoms with E-state index in [1.807, 2.05) is 43.3 Å². The summed E-state index contributed by atoms with van der Waals surface area (Å²) < 4.78 is 30.6. The van der Waals surface area contributed by atoms with Gasteiger partial charge in [-0.15, -0.1) is 0 Å². The molecule has 0 radical (unpaired) electrons. The van der Waals surface area contributed by atoms with Gasteiger partial charge in [-0.05, 0) is 78.3 Å². The van der Waals surface area contributed by atoms with Crippen molar-refractivity contribution in [3.63, 3.8) is 0 Å². The summed E-state index contributed by atoms with van der Waals surface area (Å²) in [6.45, 7) is 2.31. The van der Waals surface area contributed by atoms with Crippen molar-refractivity contribution in [3.8, 4) is 22.6 Å². The van der Waals surface area contributed by atoms with E-state index < -0.39 is 0 Å². The van der Waals surface area contributed by atoms with Gasteiger partial charge in [-0.1, -0.05) is 30.3 Å². The molecule has 6 heteroatoms. The number of carbonyl (C=O) groups is 1. The van der Waals surface area contributed by atoms with Gasteiger partial charge in [-0.25, -0.2) is 9.18 Å². The van der Waals surface area contributed by atoms with E-state index in [-0.39, 0.29) is 17.8 Å². The van der Waals surface area contributed by atoms with Gasteiger partial charge in [0.15, 0.2) is 0 Å². The van der Waals surface area contributed by atoms with Crippen molar-refractivity contribution in [3.05, 3.63) is 83.2 Å². The first-order valence-corrected chi connectivity index (χ1v) is 11.7. The lowest BCUT2D eigenvalue weighted by Crippen LogP contribution is -2.24. The van der Waals surface area contributed by atoms with Crippen LogP contribution in [-0.2, 0) is 9.53 Å². The number of fused-ring (bicyclic) bond motifs is 1. The van der Waals surface area contributed by atoms with Gasteiger partial charge in [0, 0.05) is 11.1 Å². The lowest BCUT2D eigenvalue weighted by Gasteiger charge is -2.28. The summed E-state index contributed by atoms with van der Waals surface area (Å²) in [6, 6.07) is 18.5. The molecule has 5 rings (SSSR count). The smallest absolute Gasteiger partial charge is 0.333 e. The second-order valence-electron chi connectivity index (χ2n) is 8.99.